The molecule has 0 fully saturated rings. The maximum atomic E-state index is 14.0. The number of fused-ring (bicyclic) bond motifs is 2. The van der Waals surface area contributed by atoms with Gasteiger partial charge in [-0.3, -0.25) is 9.36 Å². The van der Waals surface area contributed by atoms with Crippen molar-refractivity contribution in [1.82, 2.24) is 24.5 Å². The number of anilines is 1. The molecule has 0 saturated heterocycles. The lowest BCUT2D eigenvalue weighted by Gasteiger charge is -2.21. The fourth-order valence-electron chi connectivity index (χ4n) is 3.66. The van der Waals surface area contributed by atoms with E-state index in [2.05, 4.69) is 25.3 Å². The van der Waals surface area contributed by atoms with E-state index in [1.54, 1.807) is 13.0 Å². The van der Waals surface area contributed by atoms with Crippen LogP contribution in [0.15, 0.2) is 59.9 Å². The smallest absolute Gasteiger partial charge is 0.263 e. The largest absolute Gasteiger partial charge is 0.360 e. The fourth-order valence-corrected chi connectivity index (χ4v) is 3.66. The number of pyridine rings is 1. The molecule has 5 aromatic rings. The number of hydrogen-bond donors (Lipinski definition) is 2. The molecule has 10 heteroatoms. The minimum Gasteiger partial charge on any atom is -0.360 e. The molecule has 7 nitrogen and oxygen atoms in total. The molecule has 5 rings (SSSR count). The molecule has 160 valence electrons. The summed E-state index contributed by atoms with van der Waals surface area (Å²) in [6, 6.07) is 8.18. The lowest BCUT2D eigenvalue weighted by Crippen LogP contribution is -2.26. The number of benzene rings is 2. The molecule has 0 aliphatic rings. The predicted octanol–water partition coefficient (Wildman–Crippen LogP) is 4.25. The zero-order chi connectivity index (χ0) is 22.4. The van der Waals surface area contributed by atoms with Crippen LogP contribution in [-0.2, 0) is 0 Å². The number of rotatable bonds is 4. The van der Waals surface area contributed by atoms with Crippen LogP contribution in [0, 0.1) is 17.5 Å². The van der Waals surface area contributed by atoms with Gasteiger partial charge in [-0.25, -0.2) is 28.1 Å². The Morgan fingerprint density at radius 2 is 1.84 bits per heavy atom. The molecule has 2 aromatic carbocycles. The highest BCUT2D eigenvalue weighted by Crippen LogP contribution is 2.26. The first-order valence-electron chi connectivity index (χ1n) is 9.63. The third-order valence-electron chi connectivity index (χ3n) is 5.19. The van der Waals surface area contributed by atoms with Crippen LogP contribution in [0.5, 0.6) is 0 Å². The first-order chi connectivity index (χ1) is 15.4. The highest BCUT2D eigenvalue weighted by atomic mass is 19.2. The van der Waals surface area contributed by atoms with Gasteiger partial charge < -0.3 is 10.3 Å². The van der Waals surface area contributed by atoms with Crippen LogP contribution >= 0.6 is 0 Å². The van der Waals surface area contributed by atoms with Gasteiger partial charge >= 0.3 is 0 Å². The second-order valence-corrected chi connectivity index (χ2v) is 7.23. The number of aromatic nitrogens is 5. The van der Waals surface area contributed by atoms with Crippen LogP contribution in [0.2, 0.25) is 0 Å². The van der Waals surface area contributed by atoms with Gasteiger partial charge in [0.2, 0.25) is 0 Å². The molecule has 3 heterocycles. The van der Waals surface area contributed by atoms with Gasteiger partial charge in [0.15, 0.2) is 23.1 Å². The number of nitrogens with one attached hydrogen (secondary N) is 2. The highest BCUT2D eigenvalue weighted by Gasteiger charge is 2.19. The first-order valence-corrected chi connectivity index (χ1v) is 9.63. The minimum absolute atomic E-state index is 0.108. The van der Waals surface area contributed by atoms with Crippen molar-refractivity contribution >= 4 is 27.8 Å². The van der Waals surface area contributed by atoms with Crippen LogP contribution in [0.1, 0.15) is 18.7 Å². The quantitative estimate of drug-likeness (QED) is 0.440. The van der Waals surface area contributed by atoms with Crippen molar-refractivity contribution in [2.24, 2.45) is 0 Å². The van der Waals surface area contributed by atoms with Gasteiger partial charge in [0.25, 0.3) is 5.56 Å². The second-order valence-electron chi connectivity index (χ2n) is 7.23. The maximum absolute atomic E-state index is 14.0. The van der Waals surface area contributed by atoms with E-state index in [0.717, 1.165) is 18.2 Å². The Bertz CT molecular complexity index is 1540. The molecule has 0 radical (unpaired) electrons. The molecular formula is C22H15F3N6O. The number of imidazole rings is 1. The zero-order valence-corrected chi connectivity index (χ0v) is 16.6. The summed E-state index contributed by atoms with van der Waals surface area (Å²) in [5.74, 6) is -2.29. The van der Waals surface area contributed by atoms with Crippen LogP contribution in [0.3, 0.4) is 0 Å². The van der Waals surface area contributed by atoms with E-state index in [4.69, 9.17) is 0 Å². The third kappa shape index (κ3) is 3.25. The van der Waals surface area contributed by atoms with E-state index in [1.807, 2.05) is 0 Å². The second kappa shape index (κ2) is 7.49. The Labute approximate surface area is 178 Å². The number of nitrogens with zero attached hydrogens (tertiary/aromatic N) is 4. The van der Waals surface area contributed by atoms with E-state index >= 15 is 0 Å². The summed E-state index contributed by atoms with van der Waals surface area (Å²) >= 11 is 0. The Hall–Kier alpha value is -4.21. The average Bonchev–Trinajstić information content (AvgIpc) is 3.26. The van der Waals surface area contributed by atoms with Gasteiger partial charge in [-0.05, 0) is 42.6 Å². The predicted molar refractivity (Wildman–Crippen MR) is 113 cm³/mol. The summed E-state index contributed by atoms with van der Waals surface area (Å²) < 4.78 is 42.6. The molecule has 0 bridgehead atoms. The Morgan fingerprint density at radius 1 is 1.00 bits per heavy atom. The third-order valence-corrected chi connectivity index (χ3v) is 5.19. The molecule has 0 aliphatic carbocycles. The molecule has 0 unspecified atom stereocenters. The first kappa shape index (κ1) is 19.7. The van der Waals surface area contributed by atoms with E-state index in [1.165, 1.54) is 35.4 Å². The molecule has 0 aliphatic heterocycles. The lowest BCUT2D eigenvalue weighted by molar-refractivity contribution is 0.507. The van der Waals surface area contributed by atoms with Gasteiger partial charge in [0.1, 0.15) is 17.7 Å². The van der Waals surface area contributed by atoms with E-state index < -0.39 is 29.1 Å². The highest BCUT2D eigenvalue weighted by molar-refractivity contribution is 5.84. The van der Waals surface area contributed by atoms with Crippen molar-refractivity contribution in [3.05, 3.63) is 88.6 Å². The Kier molecular flexibility index (Phi) is 4.62. The Morgan fingerprint density at radius 3 is 2.66 bits per heavy atom. The van der Waals surface area contributed by atoms with Crippen molar-refractivity contribution in [1.29, 1.82) is 0 Å². The molecular weight excluding hydrogens is 421 g/mol. The summed E-state index contributed by atoms with van der Waals surface area (Å²) in [7, 11) is 0. The van der Waals surface area contributed by atoms with Crippen molar-refractivity contribution in [3.63, 3.8) is 0 Å². The van der Waals surface area contributed by atoms with Crippen molar-refractivity contribution in [2.45, 2.75) is 13.0 Å². The topological polar surface area (TPSA) is 88.5 Å². The normalized spacial score (nSPS) is 12.4. The molecule has 0 amide bonds. The van der Waals surface area contributed by atoms with Crippen molar-refractivity contribution in [3.8, 4) is 5.69 Å². The molecule has 0 saturated carbocycles. The van der Waals surface area contributed by atoms with Gasteiger partial charge in [0, 0.05) is 11.8 Å². The molecule has 1 atom stereocenters. The number of aromatic amines is 1. The number of halogens is 3. The maximum Gasteiger partial charge on any atom is 0.263 e. The van der Waals surface area contributed by atoms with Gasteiger partial charge in [0.05, 0.1) is 23.4 Å². The monoisotopic (exact) mass is 436 g/mol. The van der Waals surface area contributed by atoms with Crippen LogP contribution < -0.4 is 10.9 Å². The average molecular weight is 436 g/mol. The van der Waals surface area contributed by atoms with E-state index in [-0.39, 0.29) is 11.1 Å². The van der Waals surface area contributed by atoms with Crippen molar-refractivity contribution < 1.29 is 13.2 Å². The summed E-state index contributed by atoms with van der Waals surface area (Å²) in [4.78, 5) is 28.7. The van der Waals surface area contributed by atoms with Crippen LogP contribution in [-0.4, -0.2) is 24.5 Å². The summed E-state index contributed by atoms with van der Waals surface area (Å²) in [5.41, 5.74) is 1.01. The van der Waals surface area contributed by atoms with Gasteiger partial charge in [-0.2, -0.15) is 0 Å². The van der Waals surface area contributed by atoms with Crippen LogP contribution in [0.25, 0.3) is 27.6 Å². The van der Waals surface area contributed by atoms with Gasteiger partial charge in [-0.1, -0.05) is 6.07 Å². The summed E-state index contributed by atoms with van der Waals surface area (Å²) in [6.07, 6.45) is 2.85. The SMILES string of the molecule is C[C@@H](Nc1ncnc2[nH]cnc12)c1cc2ccc(F)cc2c(=O)n1-c1ccc(F)c(F)c1. The lowest BCUT2D eigenvalue weighted by atomic mass is 10.1. The zero-order valence-electron chi connectivity index (χ0n) is 16.6. The van der Waals surface area contributed by atoms with E-state index in [0.29, 0.717) is 28.1 Å². The summed E-state index contributed by atoms with van der Waals surface area (Å²) in [5, 5.41) is 3.81. The van der Waals surface area contributed by atoms with E-state index in [9.17, 15) is 18.0 Å². The fraction of sp³-hybridized carbons (Fsp3) is 0.0909. The molecule has 32 heavy (non-hydrogen) atoms. The molecule has 0 spiro atoms. The molecule has 3 aromatic heterocycles. The minimum atomic E-state index is -1.10. The standard InChI is InChI=1S/C22H15F3N6O/c1-11(30-21-19-20(27-9-26-19)28-10-29-21)18-6-12-2-3-13(23)7-15(12)22(32)31(18)14-4-5-16(24)17(25)8-14/h2-11H,1H3,(H2,26,27,28,29,30)/t11-/m1/s1. The number of H-pyrrole nitrogens is 1. The number of hydrogen-bond acceptors (Lipinski definition) is 5. The Balaban J connectivity index is 1.71. The van der Waals surface area contributed by atoms with Crippen LogP contribution in [0.4, 0.5) is 19.0 Å². The summed E-state index contributed by atoms with van der Waals surface area (Å²) in [6.45, 7) is 1.78. The van der Waals surface area contributed by atoms with Gasteiger partial charge in [-0.15, -0.1) is 0 Å². The molecule has 2 N–H and O–H groups in total. The van der Waals surface area contributed by atoms with Crippen molar-refractivity contribution in [2.75, 3.05) is 5.32 Å².